The van der Waals surface area contributed by atoms with Gasteiger partial charge in [-0.1, -0.05) is 24.9 Å². The van der Waals surface area contributed by atoms with E-state index < -0.39 is 18.4 Å². The van der Waals surface area contributed by atoms with E-state index >= 15 is 0 Å². The molecule has 9 heteroatoms. The molecule has 1 saturated heterocycles. The average Bonchev–Trinajstić information content (AvgIpc) is 3.07. The molecule has 0 saturated carbocycles. The van der Waals surface area contributed by atoms with Gasteiger partial charge in [0.25, 0.3) is 0 Å². The van der Waals surface area contributed by atoms with E-state index in [1.165, 1.54) is 6.33 Å². The van der Waals surface area contributed by atoms with Gasteiger partial charge in [0.15, 0.2) is 11.5 Å². The molecule has 0 radical (unpaired) electrons. The molecule has 0 unspecified atom stereocenters. The van der Waals surface area contributed by atoms with Gasteiger partial charge in [0.05, 0.1) is 17.9 Å². The number of terminal acetylenes is 1. The Hall–Kier alpha value is -2.79. The summed E-state index contributed by atoms with van der Waals surface area (Å²) in [6.45, 7) is 3.41. The number of fused-ring (bicyclic) bond motifs is 1. The zero-order chi connectivity index (χ0) is 17.5. The first-order chi connectivity index (χ1) is 11.5. The van der Waals surface area contributed by atoms with Gasteiger partial charge in [-0.25, -0.2) is 9.50 Å². The Morgan fingerprint density at radius 2 is 2.38 bits per heavy atom. The van der Waals surface area contributed by atoms with Crippen molar-refractivity contribution < 1.29 is 9.84 Å². The van der Waals surface area contributed by atoms with Crippen molar-refractivity contribution in [2.45, 2.75) is 25.7 Å². The molecular weight excluding hydrogens is 310 g/mol. The van der Waals surface area contributed by atoms with Crippen molar-refractivity contribution in [1.29, 1.82) is 0 Å². The molecule has 1 aliphatic heterocycles. The van der Waals surface area contributed by atoms with Crippen LogP contribution in [0.2, 0.25) is 0 Å². The smallest absolute Gasteiger partial charge is 0.173 e. The zero-order valence-electron chi connectivity index (χ0n) is 13.3. The molecule has 0 aliphatic carbocycles. The lowest BCUT2D eigenvalue weighted by Crippen LogP contribution is -2.36. The molecule has 124 valence electrons. The number of hydrogen-bond donors (Lipinski definition) is 2. The van der Waals surface area contributed by atoms with Crippen LogP contribution in [0.4, 0.5) is 5.82 Å². The second-order valence-electron chi connectivity index (χ2n) is 5.91. The van der Waals surface area contributed by atoms with Crippen LogP contribution in [0.5, 0.6) is 0 Å². The summed E-state index contributed by atoms with van der Waals surface area (Å²) in [7, 11) is 0. The van der Waals surface area contributed by atoms with E-state index in [9.17, 15) is 5.11 Å². The highest BCUT2D eigenvalue weighted by Crippen LogP contribution is 2.49. The molecule has 2 aromatic rings. The summed E-state index contributed by atoms with van der Waals surface area (Å²) in [5.74, 6) is 2.58. The predicted octanol–water partition coefficient (Wildman–Crippen LogP) is 1.64. The van der Waals surface area contributed by atoms with Crippen molar-refractivity contribution in [1.82, 2.24) is 14.6 Å². The maximum Gasteiger partial charge on any atom is 0.173 e. The third-order valence-electron chi connectivity index (χ3n) is 4.81. The number of nitrogens with zero attached hydrogens (tertiary/aromatic N) is 6. The number of aliphatic hydroxyl groups is 1. The Kier molecular flexibility index (Phi) is 3.81. The Morgan fingerprint density at radius 3 is 3.00 bits per heavy atom. The SMILES string of the molecule is C#Cc1cc([C@@H]2O[C@@](CO)(N=[N+]=[N-])[C@@H](C)[C@H]2C)n2ncnc(N)c12. The second-order valence-corrected chi connectivity index (χ2v) is 5.91. The van der Waals surface area contributed by atoms with E-state index in [1.54, 1.807) is 10.6 Å². The molecule has 9 nitrogen and oxygen atoms in total. The third kappa shape index (κ3) is 2.09. The van der Waals surface area contributed by atoms with Gasteiger partial charge in [0.2, 0.25) is 0 Å². The fourth-order valence-corrected chi connectivity index (χ4v) is 3.25. The number of nitrogens with two attached hydrogens (primary N) is 1. The summed E-state index contributed by atoms with van der Waals surface area (Å²) in [6.07, 6.45) is 6.43. The van der Waals surface area contributed by atoms with Gasteiger partial charge in [-0.3, -0.25) is 0 Å². The largest absolute Gasteiger partial charge is 0.393 e. The van der Waals surface area contributed by atoms with Gasteiger partial charge in [-0.05, 0) is 23.4 Å². The lowest BCUT2D eigenvalue weighted by atomic mass is 9.86. The molecule has 0 amide bonds. The maximum absolute atomic E-state index is 9.73. The standard InChI is InChI=1S/C15H17N7O2/c1-4-10-5-11(22-12(10)14(16)18-7-19-22)13-8(2)9(3)15(6-23,24-13)20-21-17/h1,5,7-9,13,23H,6H2,2-3H3,(H2,16,18,19)/t8-,9+,13-,15-/m1/s1. The first kappa shape index (κ1) is 16.1. The molecule has 2 aromatic heterocycles. The van der Waals surface area contributed by atoms with Gasteiger partial charge >= 0.3 is 0 Å². The highest BCUT2D eigenvalue weighted by Gasteiger charge is 2.51. The van der Waals surface area contributed by atoms with Gasteiger partial charge in [0.1, 0.15) is 17.9 Å². The minimum Gasteiger partial charge on any atom is -0.393 e. The Morgan fingerprint density at radius 1 is 1.62 bits per heavy atom. The van der Waals surface area contributed by atoms with Crippen molar-refractivity contribution >= 4 is 11.3 Å². The molecule has 24 heavy (non-hydrogen) atoms. The Balaban J connectivity index is 2.17. The minimum absolute atomic E-state index is 0.0532. The van der Waals surface area contributed by atoms with Crippen LogP contribution in [0.3, 0.4) is 0 Å². The normalized spacial score (nSPS) is 29.3. The number of hydrogen-bond acceptors (Lipinski definition) is 6. The summed E-state index contributed by atoms with van der Waals surface area (Å²) in [4.78, 5) is 6.79. The van der Waals surface area contributed by atoms with Crippen molar-refractivity contribution in [2.24, 2.45) is 17.0 Å². The summed E-state index contributed by atoms with van der Waals surface area (Å²) < 4.78 is 7.59. The van der Waals surface area contributed by atoms with Crippen molar-refractivity contribution in [3.63, 3.8) is 0 Å². The highest BCUT2D eigenvalue weighted by molar-refractivity contribution is 5.75. The summed E-state index contributed by atoms with van der Waals surface area (Å²) in [5, 5.41) is 17.7. The second kappa shape index (κ2) is 5.69. The average molecular weight is 327 g/mol. The number of ether oxygens (including phenoxy) is 1. The van der Waals surface area contributed by atoms with Crippen molar-refractivity contribution in [2.75, 3.05) is 12.3 Å². The van der Waals surface area contributed by atoms with Gasteiger partial charge in [0, 0.05) is 4.91 Å². The molecule has 3 heterocycles. The third-order valence-corrected chi connectivity index (χ3v) is 4.81. The molecule has 0 aromatic carbocycles. The lowest BCUT2D eigenvalue weighted by Gasteiger charge is -2.25. The lowest BCUT2D eigenvalue weighted by molar-refractivity contribution is -0.0865. The van der Waals surface area contributed by atoms with Crippen LogP contribution < -0.4 is 5.73 Å². The first-order valence-corrected chi connectivity index (χ1v) is 7.42. The summed E-state index contributed by atoms with van der Waals surface area (Å²) in [6, 6.07) is 1.76. The number of aromatic nitrogens is 3. The van der Waals surface area contributed by atoms with E-state index in [1.807, 2.05) is 13.8 Å². The van der Waals surface area contributed by atoms with E-state index in [-0.39, 0.29) is 17.7 Å². The van der Waals surface area contributed by atoms with E-state index in [4.69, 9.17) is 22.4 Å². The molecule has 0 spiro atoms. The van der Waals surface area contributed by atoms with Crippen molar-refractivity contribution in [3.8, 4) is 12.3 Å². The van der Waals surface area contributed by atoms with E-state index in [2.05, 4.69) is 26.0 Å². The number of rotatable bonds is 3. The molecule has 4 atom stereocenters. The topological polar surface area (TPSA) is 134 Å². The van der Waals surface area contributed by atoms with E-state index in [0.717, 1.165) is 0 Å². The number of azide groups is 1. The van der Waals surface area contributed by atoms with Crippen molar-refractivity contribution in [3.05, 3.63) is 34.1 Å². The molecular formula is C15H17N7O2. The molecule has 1 fully saturated rings. The first-order valence-electron chi connectivity index (χ1n) is 7.42. The van der Waals surface area contributed by atoms with Crippen LogP contribution in [-0.4, -0.2) is 32.0 Å². The number of nitrogen functional groups attached to an aromatic ring is 1. The number of anilines is 1. The zero-order valence-corrected chi connectivity index (χ0v) is 13.3. The fourth-order valence-electron chi connectivity index (χ4n) is 3.25. The van der Waals surface area contributed by atoms with Crippen LogP contribution >= 0.6 is 0 Å². The predicted molar refractivity (Wildman–Crippen MR) is 86.5 cm³/mol. The minimum atomic E-state index is -1.32. The highest BCUT2D eigenvalue weighted by atomic mass is 16.5. The van der Waals surface area contributed by atoms with Crippen LogP contribution in [0.25, 0.3) is 16.0 Å². The van der Waals surface area contributed by atoms with E-state index in [0.29, 0.717) is 16.8 Å². The van der Waals surface area contributed by atoms with Crippen LogP contribution in [-0.2, 0) is 4.74 Å². The molecule has 1 aliphatic rings. The van der Waals surface area contributed by atoms with Gasteiger partial charge < -0.3 is 15.6 Å². The monoisotopic (exact) mass is 327 g/mol. The maximum atomic E-state index is 9.73. The number of aliphatic hydroxyl groups excluding tert-OH is 1. The molecule has 0 bridgehead atoms. The van der Waals surface area contributed by atoms with Crippen LogP contribution in [0.15, 0.2) is 17.5 Å². The van der Waals surface area contributed by atoms with Crippen LogP contribution in [0.1, 0.15) is 31.2 Å². The van der Waals surface area contributed by atoms with Gasteiger partial charge in [-0.15, -0.1) is 6.42 Å². The molecule has 3 N–H and O–H groups in total. The Labute approximate surface area is 138 Å². The molecule has 3 rings (SSSR count). The van der Waals surface area contributed by atoms with Gasteiger partial charge in [-0.2, -0.15) is 5.10 Å². The summed E-state index contributed by atoms with van der Waals surface area (Å²) in [5.41, 5.74) is 15.2. The summed E-state index contributed by atoms with van der Waals surface area (Å²) >= 11 is 0. The Bertz CT molecular complexity index is 880. The fraction of sp³-hybridized carbons (Fsp3) is 0.467. The van der Waals surface area contributed by atoms with Crippen LogP contribution in [0, 0.1) is 24.2 Å². The quantitative estimate of drug-likeness (QED) is 0.382.